The van der Waals surface area contributed by atoms with Crippen LogP contribution in [0.15, 0.2) is 42.5 Å². The molecule has 0 saturated heterocycles. The molecule has 0 aliphatic heterocycles. The molecular weight excluding hydrogens is 356 g/mol. The lowest BCUT2D eigenvalue weighted by atomic mass is 10.2. The van der Waals surface area contributed by atoms with Gasteiger partial charge in [0.2, 0.25) is 0 Å². The van der Waals surface area contributed by atoms with Crippen LogP contribution in [0.5, 0.6) is 23.0 Å². The second-order valence-corrected chi connectivity index (χ2v) is 4.33. The number of nitrogens with one attached hydrogen (secondary N) is 4. The fraction of sp³-hybridized carbons (Fsp3) is 0. The first-order valence-corrected chi connectivity index (χ1v) is 6.70. The van der Waals surface area contributed by atoms with E-state index in [1.54, 1.807) is 5.48 Å². The highest BCUT2D eigenvalue weighted by Gasteiger charge is 2.09. The van der Waals surface area contributed by atoms with E-state index in [1.165, 1.54) is 53.8 Å². The zero-order valence-electron chi connectivity index (χ0n) is 12.8. The maximum Gasteiger partial charge on any atom is 0.186 e. The van der Waals surface area contributed by atoms with Gasteiger partial charge in [0.1, 0.15) is 5.84 Å². The molecular formula is C13H14N4O9. The summed E-state index contributed by atoms with van der Waals surface area (Å²) >= 11 is 0. The Labute approximate surface area is 145 Å². The van der Waals surface area contributed by atoms with Gasteiger partial charge in [-0.1, -0.05) is 9.98 Å². The largest absolute Gasteiger partial charge is 0.317 e. The Kier molecular flexibility index (Phi) is 7.34. The van der Waals surface area contributed by atoms with Gasteiger partial charge >= 0.3 is 0 Å². The Morgan fingerprint density at radius 2 is 1.15 bits per heavy atom. The van der Waals surface area contributed by atoms with E-state index in [4.69, 9.17) is 30.8 Å². The molecule has 0 aliphatic carbocycles. The second kappa shape index (κ2) is 9.97. The van der Waals surface area contributed by atoms with Crippen LogP contribution in [-0.4, -0.2) is 21.5 Å². The third kappa shape index (κ3) is 5.72. The van der Waals surface area contributed by atoms with Crippen molar-refractivity contribution in [2.75, 3.05) is 0 Å². The Hall–Kier alpha value is -3.17. The van der Waals surface area contributed by atoms with E-state index in [-0.39, 0.29) is 28.8 Å². The summed E-state index contributed by atoms with van der Waals surface area (Å²) in [5.74, 6) is 0.215. The molecule has 0 aromatic heterocycles. The van der Waals surface area contributed by atoms with Crippen molar-refractivity contribution in [3.05, 3.63) is 48.0 Å². The minimum atomic E-state index is -0.181. The predicted molar refractivity (Wildman–Crippen MR) is 79.2 cm³/mol. The average molecular weight is 370 g/mol. The predicted octanol–water partition coefficient (Wildman–Crippen LogP) is 0.772. The van der Waals surface area contributed by atoms with Gasteiger partial charge in [0, 0.05) is 23.8 Å². The first-order valence-electron chi connectivity index (χ1n) is 6.70. The van der Waals surface area contributed by atoms with Crippen LogP contribution < -0.4 is 36.3 Å². The van der Waals surface area contributed by atoms with Crippen molar-refractivity contribution >= 4 is 5.84 Å². The third-order valence-electron chi connectivity index (χ3n) is 2.69. The molecule has 2 aromatic rings. The third-order valence-corrected chi connectivity index (χ3v) is 2.69. The average Bonchev–Trinajstić information content (AvgIpc) is 2.69. The second-order valence-electron chi connectivity index (χ2n) is 4.33. The maximum atomic E-state index is 8.67. The molecule has 0 spiro atoms. The Morgan fingerprint density at radius 3 is 1.62 bits per heavy atom. The molecule has 0 bridgehead atoms. The molecule has 26 heavy (non-hydrogen) atoms. The van der Waals surface area contributed by atoms with Gasteiger partial charge in [0.25, 0.3) is 0 Å². The van der Waals surface area contributed by atoms with Crippen LogP contribution in [0.1, 0.15) is 5.56 Å². The number of hydrogen-bond acceptors (Lipinski definition) is 12. The number of hydroxylamine groups is 1. The molecule has 0 radical (unpaired) electrons. The molecule has 2 rings (SSSR count). The summed E-state index contributed by atoms with van der Waals surface area (Å²) in [5.41, 5.74) is 4.78. The maximum absolute atomic E-state index is 8.67. The molecule has 2 aromatic carbocycles. The summed E-state index contributed by atoms with van der Waals surface area (Å²) in [6.45, 7) is 0. The standard InChI is InChI=1S/C13H14N4O9/c14-13(15-18)8-1-3-9(4-2-8)21-22-10-5-11(23-25-16-19)7-12(6-10)24-26-17-20/h1-7,16-20H,(H2,14,15). The Bertz CT molecular complexity index is 687. The van der Waals surface area contributed by atoms with E-state index >= 15 is 0 Å². The van der Waals surface area contributed by atoms with E-state index in [0.29, 0.717) is 5.56 Å². The minimum absolute atomic E-state index is 0.0157. The van der Waals surface area contributed by atoms with Crippen molar-refractivity contribution < 1.29 is 45.1 Å². The zero-order valence-corrected chi connectivity index (χ0v) is 12.8. The van der Waals surface area contributed by atoms with Gasteiger partial charge < -0.3 is 9.78 Å². The smallest absolute Gasteiger partial charge is 0.186 e. The first kappa shape index (κ1) is 19.2. The van der Waals surface area contributed by atoms with Crippen molar-refractivity contribution in [2.45, 2.75) is 0 Å². The molecule has 7 N–H and O–H groups in total. The summed E-state index contributed by atoms with van der Waals surface area (Å²) in [6.07, 6.45) is 0. The van der Waals surface area contributed by atoms with Crippen LogP contribution in [0, 0.1) is 5.41 Å². The number of rotatable bonds is 10. The van der Waals surface area contributed by atoms with Crippen molar-refractivity contribution in [1.29, 1.82) is 5.41 Å². The van der Waals surface area contributed by atoms with Gasteiger partial charge in [-0.25, -0.2) is 0 Å². The molecule has 13 nitrogen and oxygen atoms in total. The lowest BCUT2D eigenvalue weighted by molar-refractivity contribution is -0.332. The minimum Gasteiger partial charge on any atom is -0.317 e. The van der Waals surface area contributed by atoms with Gasteiger partial charge in [-0.3, -0.25) is 36.3 Å². The highest BCUT2D eigenvalue weighted by Crippen LogP contribution is 2.28. The van der Waals surface area contributed by atoms with Gasteiger partial charge in [-0.05, 0) is 35.6 Å². The summed E-state index contributed by atoms with van der Waals surface area (Å²) in [6, 6.07) is 9.92. The number of hydrogen-bond donors (Lipinski definition) is 7. The quantitative estimate of drug-likeness (QED) is 0.135. The van der Waals surface area contributed by atoms with Gasteiger partial charge in [-0.15, -0.1) is 0 Å². The summed E-state index contributed by atoms with van der Waals surface area (Å²) in [4.78, 5) is 27.8. The van der Waals surface area contributed by atoms with E-state index in [2.05, 4.69) is 19.8 Å². The number of benzene rings is 2. The summed E-state index contributed by atoms with van der Waals surface area (Å²) in [7, 11) is 0. The molecule has 140 valence electrons. The van der Waals surface area contributed by atoms with Gasteiger partial charge in [-0.2, -0.15) is 0 Å². The van der Waals surface area contributed by atoms with Gasteiger partial charge in [0.15, 0.2) is 23.0 Å². The number of amidine groups is 1. The monoisotopic (exact) mass is 370 g/mol. The lowest BCUT2D eigenvalue weighted by Gasteiger charge is -2.10. The van der Waals surface area contributed by atoms with Crippen molar-refractivity contribution in [1.82, 2.24) is 16.8 Å². The molecule has 0 atom stereocenters. The van der Waals surface area contributed by atoms with Crippen molar-refractivity contribution in [3.8, 4) is 23.0 Å². The lowest BCUT2D eigenvalue weighted by Crippen LogP contribution is -2.18. The Morgan fingerprint density at radius 1 is 0.692 bits per heavy atom. The van der Waals surface area contributed by atoms with Crippen LogP contribution in [-0.2, 0) is 9.98 Å². The molecule has 0 aliphatic rings. The molecule has 0 amide bonds. The summed E-state index contributed by atoms with van der Waals surface area (Å²) < 4.78 is 0. The van der Waals surface area contributed by atoms with Crippen LogP contribution in [0.25, 0.3) is 0 Å². The topological polar surface area (TPSA) is 176 Å². The fourth-order valence-corrected chi connectivity index (χ4v) is 1.66. The molecule has 0 fully saturated rings. The van der Waals surface area contributed by atoms with E-state index < -0.39 is 0 Å². The highest BCUT2D eigenvalue weighted by atomic mass is 17.3. The SMILES string of the molecule is N=C(NO)c1ccc(OOc2cc(OONO)cc(OONO)c2)cc1. The fourth-order valence-electron chi connectivity index (χ4n) is 1.66. The van der Waals surface area contributed by atoms with Crippen LogP contribution in [0.3, 0.4) is 0 Å². The van der Waals surface area contributed by atoms with Crippen LogP contribution in [0.4, 0.5) is 0 Å². The molecule has 0 heterocycles. The van der Waals surface area contributed by atoms with E-state index in [0.717, 1.165) is 0 Å². The van der Waals surface area contributed by atoms with Crippen molar-refractivity contribution in [2.24, 2.45) is 0 Å². The van der Waals surface area contributed by atoms with Crippen LogP contribution in [0.2, 0.25) is 0 Å². The highest BCUT2D eigenvalue weighted by molar-refractivity contribution is 5.95. The molecule has 0 saturated carbocycles. The summed E-state index contributed by atoms with van der Waals surface area (Å²) in [5, 5.41) is 32.8. The van der Waals surface area contributed by atoms with Crippen molar-refractivity contribution in [3.63, 3.8) is 0 Å². The van der Waals surface area contributed by atoms with E-state index in [1.807, 2.05) is 0 Å². The van der Waals surface area contributed by atoms with E-state index in [9.17, 15) is 0 Å². The zero-order chi connectivity index (χ0) is 18.8. The normalized spacial score (nSPS) is 10.1. The molecule has 0 unspecified atom stereocenters. The van der Waals surface area contributed by atoms with Gasteiger partial charge in [0.05, 0.1) is 0 Å². The Balaban J connectivity index is 2.05. The first-order chi connectivity index (χ1) is 12.7. The molecule has 13 heteroatoms. The van der Waals surface area contributed by atoms with Crippen LogP contribution >= 0.6 is 0 Å².